The van der Waals surface area contributed by atoms with Crippen LogP contribution in [-0.4, -0.2) is 59.9 Å². The third-order valence-corrected chi connectivity index (χ3v) is 4.56. The lowest BCUT2D eigenvalue weighted by molar-refractivity contribution is -0.152. The molecule has 1 aromatic rings. The molecule has 5 nitrogen and oxygen atoms in total. The first-order valence-electron chi connectivity index (χ1n) is 8.02. The van der Waals surface area contributed by atoms with Crippen molar-refractivity contribution in [3.05, 3.63) is 35.9 Å². The second-order valence-corrected chi connectivity index (χ2v) is 6.17. The van der Waals surface area contributed by atoms with Gasteiger partial charge in [-0.3, -0.25) is 14.5 Å². The number of nitrogens with zero attached hydrogens (tertiary/aromatic N) is 2. The summed E-state index contributed by atoms with van der Waals surface area (Å²) in [6.45, 7) is 4.89. The van der Waals surface area contributed by atoms with Gasteiger partial charge in [0.2, 0.25) is 11.8 Å². The minimum atomic E-state index is -0.381. The van der Waals surface area contributed by atoms with Gasteiger partial charge in [-0.05, 0) is 31.9 Å². The average molecular weight is 301 g/mol. The Balaban J connectivity index is 1.51. The zero-order valence-electron chi connectivity index (χ0n) is 13.0. The summed E-state index contributed by atoms with van der Waals surface area (Å²) in [6.07, 6.45) is 2.12. The summed E-state index contributed by atoms with van der Waals surface area (Å²) in [4.78, 5) is 28.2. The number of carbonyl (C=O) groups excluding carboxylic acids is 2. The van der Waals surface area contributed by atoms with Crippen molar-refractivity contribution in [1.82, 2.24) is 15.1 Å². The van der Waals surface area contributed by atoms with Crippen LogP contribution in [0.3, 0.4) is 0 Å². The van der Waals surface area contributed by atoms with Crippen LogP contribution in [-0.2, 0) is 16.0 Å². The maximum absolute atomic E-state index is 12.1. The first-order chi connectivity index (χ1) is 10.6. The molecule has 0 aliphatic carbocycles. The van der Waals surface area contributed by atoms with Crippen LogP contribution >= 0.6 is 0 Å². The summed E-state index contributed by atoms with van der Waals surface area (Å²) in [5.74, 6) is 0.0356. The van der Waals surface area contributed by atoms with E-state index >= 15 is 0 Å². The predicted octanol–water partition coefficient (Wildman–Crippen LogP) is 0.650. The molecule has 118 valence electrons. The van der Waals surface area contributed by atoms with E-state index in [1.165, 1.54) is 5.56 Å². The number of hydrogen-bond donors (Lipinski definition) is 1. The number of piperazine rings is 2. The third-order valence-electron chi connectivity index (χ3n) is 4.56. The number of fused-ring (bicyclic) bond motifs is 1. The molecular formula is C17H23N3O2. The van der Waals surface area contributed by atoms with Crippen molar-refractivity contribution in [2.75, 3.05) is 26.2 Å². The Hall–Kier alpha value is -1.88. The number of amides is 2. The molecule has 2 saturated heterocycles. The van der Waals surface area contributed by atoms with E-state index in [0.717, 1.165) is 25.9 Å². The molecule has 0 spiro atoms. The smallest absolute Gasteiger partial charge is 0.245 e. The van der Waals surface area contributed by atoms with E-state index in [0.29, 0.717) is 13.1 Å². The fourth-order valence-corrected chi connectivity index (χ4v) is 3.30. The molecule has 0 aromatic heterocycles. The number of benzene rings is 1. The van der Waals surface area contributed by atoms with Crippen LogP contribution in [0.2, 0.25) is 0 Å². The van der Waals surface area contributed by atoms with Gasteiger partial charge in [0, 0.05) is 19.6 Å². The van der Waals surface area contributed by atoms with Gasteiger partial charge < -0.3 is 10.2 Å². The summed E-state index contributed by atoms with van der Waals surface area (Å²) in [5, 5.41) is 2.77. The molecule has 2 aliphatic heterocycles. The number of carbonyl (C=O) groups is 2. The van der Waals surface area contributed by atoms with Gasteiger partial charge in [0.15, 0.2) is 0 Å². The Kier molecular flexibility index (Phi) is 4.43. The van der Waals surface area contributed by atoms with E-state index in [9.17, 15) is 9.59 Å². The van der Waals surface area contributed by atoms with Crippen LogP contribution in [0, 0.1) is 0 Å². The lowest BCUT2D eigenvalue weighted by Gasteiger charge is -2.44. The minimum absolute atomic E-state index is 0.0140. The van der Waals surface area contributed by atoms with Gasteiger partial charge in [0.25, 0.3) is 0 Å². The van der Waals surface area contributed by atoms with Crippen LogP contribution in [0.15, 0.2) is 30.3 Å². The number of rotatable bonds is 4. The average Bonchev–Trinajstić information content (AvgIpc) is 2.54. The summed E-state index contributed by atoms with van der Waals surface area (Å²) in [5.41, 5.74) is 1.35. The Labute approximate surface area is 131 Å². The number of aryl methyl sites for hydroxylation is 1. The summed E-state index contributed by atoms with van der Waals surface area (Å²) in [7, 11) is 0. The third kappa shape index (κ3) is 3.14. The Morgan fingerprint density at radius 3 is 2.73 bits per heavy atom. The highest BCUT2D eigenvalue weighted by atomic mass is 16.2. The standard InChI is InChI=1S/C17H23N3O2/c1-13-17(22)20-11-10-19(12-15(20)16(21)18-13)9-5-8-14-6-3-2-4-7-14/h2-4,6-7,13,15H,5,8-12H2,1H3,(H,18,21)/t13-,15+/m0/s1. The van der Waals surface area contributed by atoms with E-state index in [1.54, 1.807) is 11.8 Å². The van der Waals surface area contributed by atoms with E-state index in [4.69, 9.17) is 0 Å². The molecule has 2 atom stereocenters. The highest BCUT2D eigenvalue weighted by molar-refractivity contribution is 5.97. The second kappa shape index (κ2) is 6.48. The molecule has 5 heteroatoms. The molecule has 2 amide bonds. The molecule has 1 aromatic carbocycles. The lowest BCUT2D eigenvalue weighted by Crippen LogP contribution is -2.68. The van der Waals surface area contributed by atoms with Crippen LogP contribution in [0.5, 0.6) is 0 Å². The molecule has 0 unspecified atom stereocenters. The van der Waals surface area contributed by atoms with Crippen molar-refractivity contribution in [3.8, 4) is 0 Å². The minimum Gasteiger partial charge on any atom is -0.343 e. The zero-order valence-corrected chi connectivity index (χ0v) is 13.0. The van der Waals surface area contributed by atoms with Gasteiger partial charge in [-0.25, -0.2) is 0 Å². The Morgan fingerprint density at radius 2 is 1.95 bits per heavy atom. The molecule has 1 N–H and O–H groups in total. The van der Waals surface area contributed by atoms with Crippen molar-refractivity contribution in [2.24, 2.45) is 0 Å². The van der Waals surface area contributed by atoms with Gasteiger partial charge in [-0.2, -0.15) is 0 Å². The quantitative estimate of drug-likeness (QED) is 0.888. The van der Waals surface area contributed by atoms with E-state index in [-0.39, 0.29) is 23.9 Å². The van der Waals surface area contributed by atoms with E-state index in [1.807, 2.05) is 6.07 Å². The van der Waals surface area contributed by atoms with Crippen LogP contribution < -0.4 is 5.32 Å². The van der Waals surface area contributed by atoms with Crippen LogP contribution in [0.25, 0.3) is 0 Å². The van der Waals surface area contributed by atoms with Gasteiger partial charge in [0.1, 0.15) is 12.1 Å². The van der Waals surface area contributed by atoms with Gasteiger partial charge in [-0.15, -0.1) is 0 Å². The van der Waals surface area contributed by atoms with Gasteiger partial charge in [0.05, 0.1) is 0 Å². The van der Waals surface area contributed by atoms with Crippen molar-refractivity contribution in [3.63, 3.8) is 0 Å². The lowest BCUT2D eigenvalue weighted by atomic mass is 10.0. The molecule has 0 radical (unpaired) electrons. The number of nitrogens with one attached hydrogen (secondary N) is 1. The molecule has 0 bridgehead atoms. The van der Waals surface area contributed by atoms with Gasteiger partial charge in [-0.1, -0.05) is 30.3 Å². The topological polar surface area (TPSA) is 52.7 Å². The summed E-state index contributed by atoms with van der Waals surface area (Å²) >= 11 is 0. The Bertz CT molecular complexity index is 546. The molecule has 3 rings (SSSR count). The fourth-order valence-electron chi connectivity index (χ4n) is 3.30. The zero-order chi connectivity index (χ0) is 15.5. The SMILES string of the molecule is C[C@@H]1NC(=O)[C@H]2CN(CCCc3ccccc3)CCN2C1=O. The first kappa shape index (κ1) is 15.0. The fraction of sp³-hybridized carbons (Fsp3) is 0.529. The van der Waals surface area contributed by atoms with Crippen LogP contribution in [0.4, 0.5) is 0 Å². The van der Waals surface area contributed by atoms with E-state index in [2.05, 4.69) is 34.5 Å². The largest absolute Gasteiger partial charge is 0.343 e. The number of hydrogen-bond acceptors (Lipinski definition) is 3. The molecule has 22 heavy (non-hydrogen) atoms. The molecule has 2 aliphatic rings. The normalized spacial score (nSPS) is 25.8. The Morgan fingerprint density at radius 1 is 1.18 bits per heavy atom. The molecule has 2 fully saturated rings. The van der Waals surface area contributed by atoms with Crippen molar-refractivity contribution < 1.29 is 9.59 Å². The molecular weight excluding hydrogens is 278 g/mol. The first-order valence-corrected chi connectivity index (χ1v) is 8.02. The summed E-state index contributed by atoms with van der Waals surface area (Å²) < 4.78 is 0. The predicted molar refractivity (Wildman–Crippen MR) is 84.3 cm³/mol. The van der Waals surface area contributed by atoms with E-state index < -0.39 is 0 Å². The van der Waals surface area contributed by atoms with Crippen molar-refractivity contribution in [1.29, 1.82) is 0 Å². The van der Waals surface area contributed by atoms with Gasteiger partial charge >= 0.3 is 0 Å². The van der Waals surface area contributed by atoms with Crippen molar-refractivity contribution in [2.45, 2.75) is 31.8 Å². The second-order valence-electron chi connectivity index (χ2n) is 6.17. The highest BCUT2D eigenvalue weighted by Crippen LogP contribution is 2.16. The molecule has 0 saturated carbocycles. The maximum Gasteiger partial charge on any atom is 0.245 e. The summed E-state index contributed by atoms with van der Waals surface area (Å²) in [6, 6.07) is 9.75. The molecule has 2 heterocycles. The highest BCUT2D eigenvalue weighted by Gasteiger charge is 2.41. The van der Waals surface area contributed by atoms with Crippen molar-refractivity contribution >= 4 is 11.8 Å². The van der Waals surface area contributed by atoms with Crippen LogP contribution in [0.1, 0.15) is 18.9 Å². The monoisotopic (exact) mass is 301 g/mol. The maximum atomic E-state index is 12.1.